The second kappa shape index (κ2) is 8.09. The molecule has 2 atom stereocenters. The van der Waals surface area contributed by atoms with Crippen LogP contribution in [0.2, 0.25) is 0 Å². The summed E-state index contributed by atoms with van der Waals surface area (Å²) in [5.74, 6) is -0.140. The fourth-order valence-corrected chi connectivity index (χ4v) is 4.10. The molecule has 2 aromatic rings. The van der Waals surface area contributed by atoms with E-state index >= 15 is 0 Å². The highest BCUT2D eigenvalue weighted by molar-refractivity contribution is 6.61. The first-order chi connectivity index (χ1) is 13.8. The van der Waals surface area contributed by atoms with Crippen LogP contribution in [-0.4, -0.2) is 49.9 Å². The molecule has 0 amide bonds. The average Bonchev–Trinajstić information content (AvgIpc) is 3.01. The van der Waals surface area contributed by atoms with Crippen molar-refractivity contribution in [1.29, 1.82) is 0 Å². The van der Waals surface area contributed by atoms with Crippen molar-refractivity contribution in [1.82, 2.24) is 4.90 Å². The summed E-state index contributed by atoms with van der Waals surface area (Å²) in [7, 11) is -0.298. The third-order valence-corrected chi connectivity index (χ3v) is 6.46. The van der Waals surface area contributed by atoms with E-state index in [0.717, 1.165) is 31.6 Å². The molecule has 0 bridgehead atoms. The number of para-hydroxylation sites is 1. The van der Waals surface area contributed by atoms with Gasteiger partial charge in [-0.2, -0.15) is 0 Å². The summed E-state index contributed by atoms with van der Waals surface area (Å²) in [4.78, 5) is 4.60. The molecule has 0 radical (unpaired) electrons. The molecule has 2 aromatic carbocycles. The van der Waals surface area contributed by atoms with E-state index in [9.17, 15) is 4.39 Å². The van der Waals surface area contributed by atoms with Gasteiger partial charge in [-0.1, -0.05) is 36.4 Å². The maximum atomic E-state index is 14.1. The van der Waals surface area contributed by atoms with Crippen molar-refractivity contribution >= 4 is 18.3 Å². The lowest BCUT2D eigenvalue weighted by atomic mass is 9.78. The van der Waals surface area contributed by atoms with Gasteiger partial charge in [-0.05, 0) is 50.9 Å². The van der Waals surface area contributed by atoms with Gasteiger partial charge in [0.1, 0.15) is 5.82 Å². The number of rotatable bonds is 4. The Morgan fingerprint density at radius 3 is 2.28 bits per heavy atom. The van der Waals surface area contributed by atoms with Gasteiger partial charge >= 0.3 is 7.12 Å². The molecule has 0 aliphatic carbocycles. The number of anilines is 1. The van der Waals surface area contributed by atoms with Gasteiger partial charge in [0, 0.05) is 32.2 Å². The molecule has 154 valence electrons. The standard InChI is InChI=1S/C23H30BFN2O2/c1-17(26-13-15-27(16-14-26)22-8-6-5-7-21(22)25)19-9-11-20(12-10-19)24-28-18(2)23(3,4)29-24/h5-12,17-18H,13-16H2,1-4H3. The Hall–Kier alpha value is -1.89. The minimum Gasteiger partial charge on any atom is -0.402 e. The zero-order valence-electron chi connectivity index (χ0n) is 17.8. The third kappa shape index (κ3) is 4.20. The van der Waals surface area contributed by atoms with Crippen LogP contribution in [0.3, 0.4) is 0 Å². The predicted molar refractivity (Wildman–Crippen MR) is 116 cm³/mol. The summed E-state index contributed by atoms with van der Waals surface area (Å²) in [6.07, 6.45) is 0.0665. The number of nitrogens with zero attached hydrogens (tertiary/aromatic N) is 2. The van der Waals surface area contributed by atoms with Crippen molar-refractivity contribution in [2.75, 3.05) is 31.1 Å². The Morgan fingerprint density at radius 2 is 1.69 bits per heavy atom. The molecule has 6 heteroatoms. The molecule has 2 heterocycles. The molecule has 0 saturated carbocycles. The van der Waals surface area contributed by atoms with E-state index in [-0.39, 0.29) is 24.6 Å². The van der Waals surface area contributed by atoms with Gasteiger partial charge in [-0.25, -0.2) is 4.39 Å². The maximum Gasteiger partial charge on any atom is 0.494 e. The molecule has 4 nitrogen and oxygen atoms in total. The maximum absolute atomic E-state index is 14.1. The van der Waals surface area contributed by atoms with Gasteiger partial charge in [0.15, 0.2) is 0 Å². The van der Waals surface area contributed by atoms with Crippen molar-refractivity contribution in [2.24, 2.45) is 0 Å². The number of piperazine rings is 1. The summed E-state index contributed by atoms with van der Waals surface area (Å²) in [5.41, 5.74) is 2.77. The smallest absolute Gasteiger partial charge is 0.402 e. The largest absolute Gasteiger partial charge is 0.494 e. The summed E-state index contributed by atoms with van der Waals surface area (Å²) in [6, 6.07) is 15.9. The topological polar surface area (TPSA) is 24.9 Å². The SMILES string of the molecule is CC(c1ccc(B2OC(C)C(C)(C)O2)cc1)N1CCN(c2ccccc2F)CC1. The normalized spacial score (nSPS) is 23.4. The van der Waals surface area contributed by atoms with E-state index in [1.54, 1.807) is 6.07 Å². The molecule has 4 rings (SSSR count). The lowest BCUT2D eigenvalue weighted by Crippen LogP contribution is -2.47. The summed E-state index contributed by atoms with van der Waals surface area (Å²) >= 11 is 0. The molecule has 29 heavy (non-hydrogen) atoms. The van der Waals surface area contributed by atoms with E-state index in [1.165, 1.54) is 11.6 Å². The van der Waals surface area contributed by atoms with Gasteiger partial charge in [-0.15, -0.1) is 0 Å². The Bertz CT molecular complexity index is 837. The number of benzene rings is 2. The lowest BCUT2D eigenvalue weighted by Gasteiger charge is -2.39. The van der Waals surface area contributed by atoms with E-state index in [2.05, 4.69) is 61.8 Å². The highest BCUT2D eigenvalue weighted by Crippen LogP contribution is 2.28. The zero-order chi connectivity index (χ0) is 20.6. The van der Waals surface area contributed by atoms with Crippen LogP contribution in [0.15, 0.2) is 48.5 Å². The molecular formula is C23H30BFN2O2. The quantitative estimate of drug-likeness (QED) is 0.738. The fraction of sp³-hybridized carbons (Fsp3) is 0.478. The molecule has 2 aliphatic rings. The van der Waals surface area contributed by atoms with Crippen LogP contribution in [0.25, 0.3) is 0 Å². The molecule has 0 N–H and O–H groups in total. The summed E-state index contributed by atoms with van der Waals surface area (Å²) in [6.45, 7) is 11.9. The first kappa shape index (κ1) is 20.4. The fourth-order valence-electron chi connectivity index (χ4n) is 4.10. The molecular weight excluding hydrogens is 366 g/mol. The van der Waals surface area contributed by atoms with Gasteiger partial charge in [0.25, 0.3) is 0 Å². The van der Waals surface area contributed by atoms with Gasteiger partial charge in [0.2, 0.25) is 0 Å². The van der Waals surface area contributed by atoms with Gasteiger partial charge in [-0.3, -0.25) is 4.90 Å². The number of halogens is 1. The molecule has 2 saturated heterocycles. The molecule has 2 unspecified atom stereocenters. The Balaban J connectivity index is 1.37. The van der Waals surface area contributed by atoms with Gasteiger partial charge in [0.05, 0.1) is 17.4 Å². The number of hydrogen-bond acceptors (Lipinski definition) is 4. The van der Waals surface area contributed by atoms with E-state index in [1.807, 2.05) is 12.1 Å². The minimum absolute atomic E-state index is 0.0665. The lowest BCUT2D eigenvalue weighted by molar-refractivity contribution is 0.0842. The van der Waals surface area contributed by atoms with Crippen LogP contribution in [-0.2, 0) is 9.31 Å². The Labute approximate surface area is 173 Å². The predicted octanol–water partition coefficient (Wildman–Crippen LogP) is 3.62. The van der Waals surface area contributed by atoms with Crippen molar-refractivity contribution in [3.05, 3.63) is 59.9 Å². The van der Waals surface area contributed by atoms with Crippen LogP contribution in [0.4, 0.5) is 10.1 Å². The second-order valence-corrected chi connectivity index (χ2v) is 8.65. The average molecular weight is 396 g/mol. The molecule has 0 aromatic heterocycles. The number of hydrogen-bond donors (Lipinski definition) is 0. The molecule has 2 fully saturated rings. The molecule has 2 aliphatic heterocycles. The van der Waals surface area contributed by atoms with Crippen molar-refractivity contribution in [2.45, 2.75) is 45.4 Å². The monoisotopic (exact) mass is 396 g/mol. The molecule has 0 spiro atoms. The second-order valence-electron chi connectivity index (χ2n) is 8.65. The van der Waals surface area contributed by atoms with Crippen molar-refractivity contribution in [3.8, 4) is 0 Å². The van der Waals surface area contributed by atoms with Crippen LogP contribution in [0.1, 0.15) is 39.3 Å². The van der Waals surface area contributed by atoms with Crippen molar-refractivity contribution in [3.63, 3.8) is 0 Å². The highest BCUT2D eigenvalue weighted by atomic mass is 19.1. The Morgan fingerprint density at radius 1 is 1.03 bits per heavy atom. The van der Waals surface area contributed by atoms with Crippen molar-refractivity contribution < 1.29 is 13.7 Å². The van der Waals surface area contributed by atoms with Crippen LogP contribution in [0, 0.1) is 5.82 Å². The van der Waals surface area contributed by atoms with Gasteiger partial charge < -0.3 is 14.2 Å². The van der Waals surface area contributed by atoms with Crippen LogP contribution < -0.4 is 10.4 Å². The first-order valence-corrected chi connectivity index (χ1v) is 10.5. The van der Waals surface area contributed by atoms with E-state index in [4.69, 9.17) is 9.31 Å². The van der Waals surface area contributed by atoms with E-state index in [0.29, 0.717) is 11.7 Å². The third-order valence-electron chi connectivity index (χ3n) is 6.46. The summed E-state index contributed by atoms with van der Waals surface area (Å²) in [5, 5.41) is 0. The zero-order valence-corrected chi connectivity index (χ0v) is 17.8. The first-order valence-electron chi connectivity index (χ1n) is 10.5. The summed E-state index contributed by atoms with van der Waals surface area (Å²) < 4.78 is 26.1. The van der Waals surface area contributed by atoms with E-state index < -0.39 is 0 Å². The highest BCUT2D eigenvalue weighted by Gasteiger charge is 2.43. The minimum atomic E-state index is -0.298. The Kier molecular flexibility index (Phi) is 5.69. The van der Waals surface area contributed by atoms with Crippen LogP contribution in [0.5, 0.6) is 0 Å². The van der Waals surface area contributed by atoms with Crippen LogP contribution >= 0.6 is 0 Å².